The summed E-state index contributed by atoms with van der Waals surface area (Å²) in [6.45, 7) is 4.83. The van der Waals surface area contributed by atoms with Crippen molar-refractivity contribution in [1.82, 2.24) is 9.80 Å². The van der Waals surface area contributed by atoms with Crippen molar-refractivity contribution in [1.29, 1.82) is 0 Å². The van der Waals surface area contributed by atoms with Gasteiger partial charge in [0.25, 0.3) is 0 Å². The summed E-state index contributed by atoms with van der Waals surface area (Å²) in [4.78, 5) is 17.1. The predicted octanol–water partition coefficient (Wildman–Crippen LogP) is 3.73. The number of nitrogens with zero attached hydrogens (tertiary/aromatic N) is 2. The molecule has 0 saturated carbocycles. The zero-order chi connectivity index (χ0) is 17.8. The topological polar surface area (TPSA) is 36.7 Å². The lowest BCUT2D eigenvalue weighted by Gasteiger charge is -2.48. The van der Waals surface area contributed by atoms with Crippen LogP contribution in [-0.4, -0.2) is 41.9 Å². The molecule has 26 heavy (non-hydrogen) atoms. The molecule has 4 heteroatoms. The number of carbonyl (C=O) groups is 1. The SMILES string of the molecule is O=C1CCC2(CCCN(Cc3ccco3)C2)CN1CCc1ccccc1. The van der Waals surface area contributed by atoms with Crippen LogP contribution < -0.4 is 0 Å². The first kappa shape index (κ1) is 17.3. The maximum Gasteiger partial charge on any atom is 0.222 e. The number of amides is 1. The van der Waals surface area contributed by atoms with Crippen molar-refractivity contribution in [2.75, 3.05) is 26.2 Å². The van der Waals surface area contributed by atoms with Crippen LogP contribution in [0.5, 0.6) is 0 Å². The Kier molecular flexibility index (Phi) is 5.11. The van der Waals surface area contributed by atoms with Crippen molar-refractivity contribution in [3.63, 3.8) is 0 Å². The van der Waals surface area contributed by atoms with Gasteiger partial charge in [0.1, 0.15) is 5.76 Å². The van der Waals surface area contributed by atoms with E-state index in [2.05, 4.69) is 40.1 Å². The average Bonchev–Trinajstić information content (AvgIpc) is 3.17. The molecule has 2 aromatic rings. The second-order valence-electron chi connectivity index (χ2n) is 7.94. The summed E-state index contributed by atoms with van der Waals surface area (Å²) in [6.07, 6.45) is 6.86. The van der Waals surface area contributed by atoms with Crippen molar-refractivity contribution in [2.45, 2.75) is 38.6 Å². The summed E-state index contributed by atoms with van der Waals surface area (Å²) in [5, 5.41) is 0. The quantitative estimate of drug-likeness (QED) is 0.823. The fourth-order valence-electron chi connectivity index (χ4n) is 4.62. The molecule has 4 rings (SSSR count). The van der Waals surface area contributed by atoms with Gasteiger partial charge in [0.2, 0.25) is 5.91 Å². The molecule has 0 bridgehead atoms. The van der Waals surface area contributed by atoms with Crippen molar-refractivity contribution in [3.05, 3.63) is 60.1 Å². The Labute approximate surface area is 155 Å². The molecule has 1 aromatic carbocycles. The van der Waals surface area contributed by atoms with E-state index in [1.54, 1.807) is 6.26 Å². The van der Waals surface area contributed by atoms with Gasteiger partial charge in [-0.3, -0.25) is 9.69 Å². The van der Waals surface area contributed by atoms with Gasteiger partial charge in [0, 0.05) is 31.5 Å². The average molecular weight is 352 g/mol. The molecule has 4 nitrogen and oxygen atoms in total. The molecule has 0 N–H and O–H groups in total. The standard InChI is InChI=1S/C22H28N2O2/c25-21-9-12-22(18-24(21)14-10-19-6-2-1-3-7-19)11-5-13-23(17-22)16-20-8-4-15-26-20/h1-4,6-8,15H,5,9-14,16-18H2. The minimum Gasteiger partial charge on any atom is -0.468 e. The highest BCUT2D eigenvalue weighted by Crippen LogP contribution is 2.39. The maximum atomic E-state index is 12.5. The Morgan fingerprint density at radius 1 is 1.04 bits per heavy atom. The van der Waals surface area contributed by atoms with Gasteiger partial charge in [-0.2, -0.15) is 0 Å². The number of rotatable bonds is 5. The molecule has 1 spiro atoms. The van der Waals surface area contributed by atoms with E-state index in [4.69, 9.17) is 4.42 Å². The van der Waals surface area contributed by atoms with Crippen LogP contribution in [0.2, 0.25) is 0 Å². The van der Waals surface area contributed by atoms with Crippen LogP contribution >= 0.6 is 0 Å². The van der Waals surface area contributed by atoms with Crippen molar-refractivity contribution < 1.29 is 9.21 Å². The highest BCUT2D eigenvalue weighted by molar-refractivity contribution is 5.77. The second-order valence-corrected chi connectivity index (χ2v) is 7.94. The summed E-state index contributed by atoms with van der Waals surface area (Å²) < 4.78 is 5.53. The Morgan fingerprint density at radius 2 is 1.92 bits per heavy atom. The van der Waals surface area contributed by atoms with Gasteiger partial charge in [0.05, 0.1) is 12.8 Å². The molecule has 1 unspecified atom stereocenters. The van der Waals surface area contributed by atoms with Crippen LogP contribution in [0.1, 0.15) is 37.0 Å². The van der Waals surface area contributed by atoms with Crippen molar-refractivity contribution in [2.24, 2.45) is 5.41 Å². The van der Waals surface area contributed by atoms with E-state index in [1.165, 1.54) is 18.4 Å². The van der Waals surface area contributed by atoms with E-state index < -0.39 is 0 Å². The lowest BCUT2D eigenvalue weighted by molar-refractivity contribution is -0.139. The highest BCUT2D eigenvalue weighted by atomic mass is 16.3. The molecule has 2 saturated heterocycles. The fraction of sp³-hybridized carbons (Fsp3) is 0.500. The third-order valence-corrected chi connectivity index (χ3v) is 5.96. The van der Waals surface area contributed by atoms with Gasteiger partial charge in [-0.15, -0.1) is 0 Å². The Hall–Kier alpha value is -2.07. The van der Waals surface area contributed by atoms with Crippen LogP contribution in [0.15, 0.2) is 53.1 Å². The van der Waals surface area contributed by atoms with Gasteiger partial charge in [0.15, 0.2) is 0 Å². The van der Waals surface area contributed by atoms with Crippen LogP contribution in [0, 0.1) is 5.41 Å². The number of carbonyl (C=O) groups excluding carboxylic acids is 1. The molecule has 0 radical (unpaired) electrons. The molecule has 2 aliphatic heterocycles. The number of likely N-dealkylation sites (tertiary alicyclic amines) is 2. The summed E-state index contributed by atoms with van der Waals surface area (Å²) in [6, 6.07) is 14.5. The van der Waals surface area contributed by atoms with Crippen LogP contribution in [0.3, 0.4) is 0 Å². The third kappa shape index (κ3) is 4.01. The summed E-state index contributed by atoms with van der Waals surface area (Å²) >= 11 is 0. The Balaban J connectivity index is 1.38. The van der Waals surface area contributed by atoms with E-state index in [0.717, 1.165) is 51.3 Å². The molecule has 2 aliphatic rings. The van der Waals surface area contributed by atoms with E-state index in [-0.39, 0.29) is 5.41 Å². The number of hydrogen-bond acceptors (Lipinski definition) is 3. The maximum absolute atomic E-state index is 12.5. The molecule has 1 amide bonds. The van der Waals surface area contributed by atoms with E-state index in [1.807, 2.05) is 12.1 Å². The zero-order valence-electron chi connectivity index (χ0n) is 15.4. The summed E-state index contributed by atoms with van der Waals surface area (Å²) in [7, 11) is 0. The largest absolute Gasteiger partial charge is 0.468 e. The third-order valence-electron chi connectivity index (χ3n) is 5.96. The van der Waals surface area contributed by atoms with E-state index in [0.29, 0.717) is 12.3 Å². The minimum absolute atomic E-state index is 0.259. The number of hydrogen-bond donors (Lipinski definition) is 0. The van der Waals surface area contributed by atoms with Gasteiger partial charge in [-0.1, -0.05) is 30.3 Å². The minimum atomic E-state index is 0.259. The number of furan rings is 1. The Bertz CT molecular complexity index is 713. The van der Waals surface area contributed by atoms with Crippen molar-refractivity contribution in [3.8, 4) is 0 Å². The molecule has 2 fully saturated rings. The normalized spacial score (nSPS) is 24.3. The summed E-state index contributed by atoms with van der Waals surface area (Å²) in [5.74, 6) is 1.37. The molecule has 1 aromatic heterocycles. The highest BCUT2D eigenvalue weighted by Gasteiger charge is 2.41. The monoisotopic (exact) mass is 352 g/mol. The van der Waals surface area contributed by atoms with Gasteiger partial charge >= 0.3 is 0 Å². The lowest BCUT2D eigenvalue weighted by atomic mass is 9.73. The molecular weight excluding hydrogens is 324 g/mol. The van der Waals surface area contributed by atoms with Gasteiger partial charge in [-0.05, 0) is 49.9 Å². The summed E-state index contributed by atoms with van der Waals surface area (Å²) in [5.41, 5.74) is 1.57. The fourth-order valence-corrected chi connectivity index (χ4v) is 4.62. The molecule has 3 heterocycles. The Morgan fingerprint density at radius 3 is 2.73 bits per heavy atom. The molecule has 138 valence electrons. The smallest absolute Gasteiger partial charge is 0.222 e. The first-order chi connectivity index (χ1) is 12.7. The van der Waals surface area contributed by atoms with Crippen LogP contribution in [0.25, 0.3) is 0 Å². The first-order valence-corrected chi connectivity index (χ1v) is 9.79. The van der Waals surface area contributed by atoms with Crippen LogP contribution in [-0.2, 0) is 17.8 Å². The number of benzene rings is 1. The van der Waals surface area contributed by atoms with E-state index >= 15 is 0 Å². The van der Waals surface area contributed by atoms with Gasteiger partial charge < -0.3 is 9.32 Å². The predicted molar refractivity (Wildman–Crippen MR) is 102 cm³/mol. The van der Waals surface area contributed by atoms with Crippen molar-refractivity contribution >= 4 is 5.91 Å². The van der Waals surface area contributed by atoms with E-state index in [9.17, 15) is 4.79 Å². The second kappa shape index (κ2) is 7.67. The van der Waals surface area contributed by atoms with Crippen LogP contribution in [0.4, 0.5) is 0 Å². The lowest BCUT2D eigenvalue weighted by Crippen LogP contribution is -2.54. The molecule has 1 atom stereocenters. The number of piperidine rings is 2. The van der Waals surface area contributed by atoms with Gasteiger partial charge in [-0.25, -0.2) is 0 Å². The zero-order valence-corrected chi connectivity index (χ0v) is 15.4. The molecular formula is C22H28N2O2. The molecule has 0 aliphatic carbocycles. The first-order valence-electron chi connectivity index (χ1n) is 9.79.